The van der Waals surface area contributed by atoms with Gasteiger partial charge in [0.15, 0.2) is 0 Å². The Hall–Kier alpha value is -0.0800. The van der Waals surface area contributed by atoms with Gasteiger partial charge >= 0.3 is 0 Å². The maximum Gasteiger partial charge on any atom is 0.0772 e. The molecule has 0 bridgehead atoms. The second kappa shape index (κ2) is 5.05. The second-order valence-corrected chi connectivity index (χ2v) is 6.11. The molecular formula is C14H27NO. The Morgan fingerprint density at radius 3 is 2.19 bits per heavy atom. The molecule has 2 fully saturated rings. The topological polar surface area (TPSA) is 32.3 Å². The third kappa shape index (κ3) is 2.78. The van der Waals surface area contributed by atoms with Gasteiger partial charge < -0.3 is 10.4 Å². The molecule has 0 aromatic rings. The highest BCUT2D eigenvalue weighted by Crippen LogP contribution is 2.50. The van der Waals surface area contributed by atoms with E-state index in [0.29, 0.717) is 5.41 Å². The van der Waals surface area contributed by atoms with Crippen LogP contribution in [0.4, 0.5) is 0 Å². The zero-order valence-corrected chi connectivity index (χ0v) is 10.7. The summed E-state index contributed by atoms with van der Waals surface area (Å²) in [6.07, 6.45) is 11.4. The highest BCUT2D eigenvalue weighted by Gasteiger charge is 2.42. The summed E-state index contributed by atoms with van der Waals surface area (Å²) in [5, 5.41) is 13.9. The van der Waals surface area contributed by atoms with Gasteiger partial charge in [0.1, 0.15) is 0 Å². The van der Waals surface area contributed by atoms with Crippen molar-refractivity contribution in [2.24, 2.45) is 5.41 Å². The SMILES string of the molecule is CCCNCC1(O)CCC2(CCCC2)CC1. The van der Waals surface area contributed by atoms with Crippen molar-refractivity contribution < 1.29 is 5.11 Å². The van der Waals surface area contributed by atoms with Crippen molar-refractivity contribution in [2.45, 2.75) is 70.3 Å². The lowest BCUT2D eigenvalue weighted by molar-refractivity contribution is -0.0311. The predicted molar refractivity (Wildman–Crippen MR) is 67.5 cm³/mol. The zero-order valence-electron chi connectivity index (χ0n) is 10.7. The van der Waals surface area contributed by atoms with Crippen LogP contribution in [0.1, 0.15) is 64.7 Å². The van der Waals surface area contributed by atoms with Gasteiger partial charge in [-0.3, -0.25) is 0 Å². The zero-order chi connectivity index (χ0) is 11.5. The van der Waals surface area contributed by atoms with E-state index in [-0.39, 0.29) is 0 Å². The average molecular weight is 225 g/mol. The second-order valence-electron chi connectivity index (χ2n) is 6.11. The maximum absolute atomic E-state index is 10.5. The fraction of sp³-hybridized carbons (Fsp3) is 1.00. The molecule has 2 aliphatic rings. The summed E-state index contributed by atoms with van der Waals surface area (Å²) < 4.78 is 0. The van der Waals surface area contributed by atoms with Crippen LogP contribution in [-0.2, 0) is 0 Å². The summed E-state index contributed by atoms with van der Waals surface area (Å²) in [7, 11) is 0. The van der Waals surface area contributed by atoms with Crippen LogP contribution in [-0.4, -0.2) is 23.8 Å². The van der Waals surface area contributed by atoms with Crippen molar-refractivity contribution in [3.63, 3.8) is 0 Å². The summed E-state index contributed by atoms with van der Waals surface area (Å²) in [6, 6.07) is 0. The minimum Gasteiger partial charge on any atom is -0.389 e. The molecule has 0 atom stereocenters. The summed E-state index contributed by atoms with van der Waals surface area (Å²) in [5.41, 5.74) is 0.236. The average Bonchev–Trinajstić information content (AvgIpc) is 2.73. The van der Waals surface area contributed by atoms with Gasteiger partial charge in [0.25, 0.3) is 0 Å². The molecule has 0 amide bonds. The lowest BCUT2D eigenvalue weighted by Crippen LogP contribution is -2.45. The van der Waals surface area contributed by atoms with E-state index in [2.05, 4.69) is 12.2 Å². The highest BCUT2D eigenvalue weighted by atomic mass is 16.3. The Morgan fingerprint density at radius 2 is 1.62 bits per heavy atom. The molecule has 0 aliphatic heterocycles. The first-order chi connectivity index (χ1) is 7.68. The van der Waals surface area contributed by atoms with Crippen LogP contribution in [0.5, 0.6) is 0 Å². The molecule has 16 heavy (non-hydrogen) atoms. The number of hydrogen-bond donors (Lipinski definition) is 2. The van der Waals surface area contributed by atoms with Gasteiger partial charge in [-0.2, -0.15) is 0 Å². The molecule has 2 aliphatic carbocycles. The summed E-state index contributed by atoms with van der Waals surface area (Å²) in [5.74, 6) is 0. The Balaban J connectivity index is 1.78. The van der Waals surface area contributed by atoms with E-state index < -0.39 is 5.60 Å². The van der Waals surface area contributed by atoms with Crippen LogP contribution in [0, 0.1) is 5.41 Å². The molecule has 0 saturated heterocycles. The van der Waals surface area contributed by atoms with Gasteiger partial charge in [0, 0.05) is 6.54 Å². The summed E-state index contributed by atoms with van der Waals surface area (Å²) in [6.45, 7) is 4.01. The predicted octanol–water partition coefficient (Wildman–Crippen LogP) is 2.85. The molecule has 0 aromatic carbocycles. The molecule has 2 heteroatoms. The van der Waals surface area contributed by atoms with Crippen molar-refractivity contribution in [1.29, 1.82) is 0 Å². The number of hydrogen-bond acceptors (Lipinski definition) is 2. The van der Waals surface area contributed by atoms with Crippen molar-refractivity contribution in [1.82, 2.24) is 5.32 Å². The monoisotopic (exact) mass is 225 g/mol. The van der Waals surface area contributed by atoms with Crippen LogP contribution in [0.15, 0.2) is 0 Å². The van der Waals surface area contributed by atoms with Crippen LogP contribution in [0.3, 0.4) is 0 Å². The Labute approximate surface area is 99.8 Å². The molecule has 1 spiro atoms. The van der Waals surface area contributed by atoms with Gasteiger partial charge in [-0.05, 0) is 56.9 Å². The molecule has 2 nitrogen and oxygen atoms in total. The lowest BCUT2D eigenvalue weighted by Gasteiger charge is -2.42. The van der Waals surface area contributed by atoms with Crippen LogP contribution in [0.2, 0.25) is 0 Å². The minimum atomic E-state index is -0.400. The summed E-state index contributed by atoms with van der Waals surface area (Å²) >= 11 is 0. The van der Waals surface area contributed by atoms with Crippen molar-refractivity contribution in [3.8, 4) is 0 Å². The third-order valence-corrected chi connectivity index (χ3v) is 4.79. The van der Waals surface area contributed by atoms with Gasteiger partial charge in [-0.1, -0.05) is 19.8 Å². The van der Waals surface area contributed by atoms with E-state index in [1.165, 1.54) is 38.5 Å². The summed E-state index contributed by atoms with van der Waals surface area (Å²) in [4.78, 5) is 0. The van der Waals surface area contributed by atoms with Gasteiger partial charge in [0.2, 0.25) is 0 Å². The van der Waals surface area contributed by atoms with Crippen molar-refractivity contribution in [3.05, 3.63) is 0 Å². The molecule has 0 radical (unpaired) electrons. The van der Waals surface area contributed by atoms with E-state index in [1.54, 1.807) is 0 Å². The first kappa shape index (κ1) is 12.4. The normalized spacial score (nSPS) is 27.4. The first-order valence-corrected chi connectivity index (χ1v) is 7.11. The first-order valence-electron chi connectivity index (χ1n) is 7.11. The van der Waals surface area contributed by atoms with E-state index in [9.17, 15) is 5.11 Å². The van der Waals surface area contributed by atoms with E-state index >= 15 is 0 Å². The fourth-order valence-corrected chi connectivity index (χ4v) is 3.55. The van der Waals surface area contributed by atoms with Crippen molar-refractivity contribution >= 4 is 0 Å². The Bertz CT molecular complexity index is 211. The van der Waals surface area contributed by atoms with E-state index in [4.69, 9.17) is 0 Å². The third-order valence-electron chi connectivity index (χ3n) is 4.79. The lowest BCUT2D eigenvalue weighted by atomic mass is 9.67. The standard InChI is InChI=1S/C14H27NO/c1-2-11-15-12-14(16)9-7-13(8-10-14)5-3-4-6-13/h15-16H,2-12H2,1H3. The Morgan fingerprint density at radius 1 is 1.00 bits per heavy atom. The van der Waals surface area contributed by atoms with Crippen LogP contribution >= 0.6 is 0 Å². The number of aliphatic hydroxyl groups is 1. The minimum absolute atomic E-state index is 0.400. The largest absolute Gasteiger partial charge is 0.389 e. The number of rotatable bonds is 4. The number of nitrogens with one attached hydrogen (secondary N) is 1. The molecule has 94 valence electrons. The van der Waals surface area contributed by atoms with E-state index in [1.807, 2.05) is 0 Å². The van der Waals surface area contributed by atoms with Crippen LogP contribution in [0.25, 0.3) is 0 Å². The maximum atomic E-state index is 10.5. The molecule has 2 N–H and O–H groups in total. The fourth-order valence-electron chi connectivity index (χ4n) is 3.55. The molecule has 2 saturated carbocycles. The molecule has 2 rings (SSSR count). The molecule has 0 heterocycles. The molecular weight excluding hydrogens is 198 g/mol. The molecule has 0 aromatic heterocycles. The van der Waals surface area contributed by atoms with Gasteiger partial charge in [-0.25, -0.2) is 0 Å². The quantitative estimate of drug-likeness (QED) is 0.721. The Kier molecular flexibility index (Phi) is 3.91. The van der Waals surface area contributed by atoms with Gasteiger partial charge in [0.05, 0.1) is 5.60 Å². The van der Waals surface area contributed by atoms with Crippen molar-refractivity contribution in [2.75, 3.05) is 13.1 Å². The molecule has 0 unspecified atom stereocenters. The van der Waals surface area contributed by atoms with E-state index in [0.717, 1.165) is 32.4 Å². The highest BCUT2D eigenvalue weighted by molar-refractivity contribution is 4.96. The van der Waals surface area contributed by atoms with Gasteiger partial charge in [-0.15, -0.1) is 0 Å². The van der Waals surface area contributed by atoms with Crippen LogP contribution < -0.4 is 5.32 Å². The smallest absolute Gasteiger partial charge is 0.0772 e.